The van der Waals surface area contributed by atoms with Gasteiger partial charge in [0.05, 0.1) is 11.7 Å². The molecular formula is C22H25N3O3. The van der Waals surface area contributed by atoms with E-state index in [1.807, 2.05) is 86.5 Å². The van der Waals surface area contributed by atoms with E-state index < -0.39 is 0 Å². The van der Waals surface area contributed by atoms with Crippen LogP contribution in [0, 0.1) is 6.92 Å². The molecular weight excluding hydrogens is 354 g/mol. The van der Waals surface area contributed by atoms with Crippen LogP contribution in [0.25, 0.3) is 0 Å². The minimum atomic E-state index is -0.314. The molecule has 1 amide bonds. The second kappa shape index (κ2) is 9.19. The molecule has 0 radical (unpaired) electrons. The Bertz CT molecular complexity index is 891. The summed E-state index contributed by atoms with van der Waals surface area (Å²) in [5.74, 6) is 1.43. The number of likely N-dealkylation sites (N-methyl/N-ethyl adjacent to an activating group) is 1. The van der Waals surface area contributed by atoms with Crippen molar-refractivity contribution in [3.8, 4) is 5.75 Å². The van der Waals surface area contributed by atoms with E-state index in [9.17, 15) is 4.79 Å². The first-order valence-electron chi connectivity index (χ1n) is 9.21. The lowest BCUT2D eigenvalue weighted by Crippen LogP contribution is -2.39. The third kappa shape index (κ3) is 5.44. The summed E-state index contributed by atoms with van der Waals surface area (Å²) in [6.07, 6.45) is 0. The summed E-state index contributed by atoms with van der Waals surface area (Å²) in [6.45, 7) is 4.76. The van der Waals surface area contributed by atoms with E-state index in [1.165, 1.54) is 0 Å². The number of rotatable bonds is 8. The number of hydrogen-bond donors (Lipinski definition) is 1. The maximum atomic E-state index is 12.5. The Morgan fingerprint density at radius 2 is 1.89 bits per heavy atom. The number of benzene rings is 2. The Balaban J connectivity index is 1.50. The zero-order valence-corrected chi connectivity index (χ0v) is 16.4. The molecule has 0 aliphatic heterocycles. The molecule has 0 bridgehead atoms. The van der Waals surface area contributed by atoms with Crippen molar-refractivity contribution in [1.82, 2.24) is 10.1 Å². The summed E-state index contributed by atoms with van der Waals surface area (Å²) in [6, 6.07) is 18.9. The highest BCUT2D eigenvalue weighted by molar-refractivity contribution is 5.94. The largest absolute Gasteiger partial charge is 0.489 e. The van der Waals surface area contributed by atoms with Crippen LogP contribution < -0.4 is 10.1 Å². The van der Waals surface area contributed by atoms with E-state index >= 15 is 0 Å². The second-order valence-electron chi connectivity index (χ2n) is 6.81. The molecule has 0 aliphatic carbocycles. The highest BCUT2D eigenvalue weighted by Crippen LogP contribution is 2.18. The van der Waals surface area contributed by atoms with Crippen LogP contribution in [0.3, 0.4) is 0 Å². The SMILES string of the molecule is Cc1cc(CN(C)C(C)C(=O)Nc2ccc(OCc3ccccc3)cc2)no1. The predicted molar refractivity (Wildman–Crippen MR) is 108 cm³/mol. The molecule has 1 unspecified atom stereocenters. The Kier molecular flexibility index (Phi) is 6.45. The average Bonchev–Trinajstić information content (AvgIpc) is 3.12. The van der Waals surface area contributed by atoms with Crippen molar-refractivity contribution in [2.75, 3.05) is 12.4 Å². The van der Waals surface area contributed by atoms with Gasteiger partial charge in [-0.15, -0.1) is 0 Å². The van der Waals surface area contributed by atoms with Crippen molar-refractivity contribution >= 4 is 11.6 Å². The van der Waals surface area contributed by atoms with Crippen LogP contribution in [-0.4, -0.2) is 29.1 Å². The zero-order valence-electron chi connectivity index (χ0n) is 16.4. The Labute approximate surface area is 165 Å². The summed E-state index contributed by atoms with van der Waals surface area (Å²) in [5, 5.41) is 6.90. The number of carbonyl (C=O) groups is 1. The maximum absolute atomic E-state index is 12.5. The van der Waals surface area contributed by atoms with Crippen LogP contribution in [0.5, 0.6) is 5.75 Å². The molecule has 2 aromatic carbocycles. The lowest BCUT2D eigenvalue weighted by molar-refractivity contribution is -0.120. The Morgan fingerprint density at radius 1 is 1.18 bits per heavy atom. The topological polar surface area (TPSA) is 67.6 Å². The Hall–Kier alpha value is -3.12. The number of amides is 1. The number of ether oxygens (including phenoxy) is 1. The van der Waals surface area contributed by atoms with Gasteiger partial charge in [0.15, 0.2) is 0 Å². The van der Waals surface area contributed by atoms with E-state index in [1.54, 1.807) is 0 Å². The molecule has 6 heteroatoms. The summed E-state index contributed by atoms with van der Waals surface area (Å²) in [7, 11) is 1.88. The number of anilines is 1. The van der Waals surface area contributed by atoms with Crippen molar-refractivity contribution < 1.29 is 14.1 Å². The number of aryl methyl sites for hydroxylation is 1. The molecule has 0 spiro atoms. The quantitative estimate of drug-likeness (QED) is 0.640. The molecule has 28 heavy (non-hydrogen) atoms. The highest BCUT2D eigenvalue weighted by atomic mass is 16.5. The molecule has 1 atom stereocenters. The van der Waals surface area contributed by atoms with Crippen LogP contribution in [0.15, 0.2) is 65.2 Å². The van der Waals surface area contributed by atoms with Gasteiger partial charge in [-0.2, -0.15) is 0 Å². The van der Waals surface area contributed by atoms with Gasteiger partial charge in [0.1, 0.15) is 18.1 Å². The molecule has 1 N–H and O–H groups in total. The van der Waals surface area contributed by atoms with Gasteiger partial charge < -0.3 is 14.6 Å². The van der Waals surface area contributed by atoms with Crippen molar-refractivity contribution in [2.45, 2.75) is 33.0 Å². The molecule has 1 aromatic heterocycles. The van der Waals surface area contributed by atoms with Gasteiger partial charge in [0.2, 0.25) is 5.91 Å². The van der Waals surface area contributed by atoms with Gasteiger partial charge in [-0.3, -0.25) is 9.69 Å². The first-order chi connectivity index (χ1) is 13.5. The lowest BCUT2D eigenvalue weighted by Gasteiger charge is -2.22. The van der Waals surface area contributed by atoms with Gasteiger partial charge in [0, 0.05) is 18.3 Å². The summed E-state index contributed by atoms with van der Waals surface area (Å²) < 4.78 is 10.8. The van der Waals surface area contributed by atoms with E-state index in [2.05, 4.69) is 10.5 Å². The third-order valence-electron chi connectivity index (χ3n) is 4.50. The predicted octanol–water partition coefficient (Wildman–Crippen LogP) is 4.02. The lowest BCUT2D eigenvalue weighted by atomic mass is 10.2. The van der Waals surface area contributed by atoms with Crippen molar-refractivity contribution in [2.24, 2.45) is 0 Å². The van der Waals surface area contributed by atoms with Gasteiger partial charge >= 0.3 is 0 Å². The van der Waals surface area contributed by atoms with Crippen LogP contribution in [-0.2, 0) is 17.9 Å². The van der Waals surface area contributed by atoms with Crippen LogP contribution in [0.4, 0.5) is 5.69 Å². The molecule has 6 nitrogen and oxygen atoms in total. The Morgan fingerprint density at radius 3 is 2.54 bits per heavy atom. The summed E-state index contributed by atoms with van der Waals surface area (Å²) in [5.41, 5.74) is 2.65. The molecule has 146 valence electrons. The third-order valence-corrected chi connectivity index (χ3v) is 4.50. The molecule has 0 aliphatic rings. The van der Waals surface area contributed by atoms with E-state index in [0.717, 1.165) is 28.5 Å². The first-order valence-corrected chi connectivity index (χ1v) is 9.21. The van der Waals surface area contributed by atoms with Crippen molar-refractivity contribution in [3.63, 3.8) is 0 Å². The monoisotopic (exact) mass is 379 g/mol. The molecule has 3 rings (SSSR count). The normalized spacial score (nSPS) is 12.0. The molecule has 0 fully saturated rings. The maximum Gasteiger partial charge on any atom is 0.241 e. The summed E-state index contributed by atoms with van der Waals surface area (Å²) >= 11 is 0. The fraction of sp³-hybridized carbons (Fsp3) is 0.273. The van der Waals surface area contributed by atoms with Crippen molar-refractivity contribution in [3.05, 3.63) is 77.7 Å². The number of nitrogens with one attached hydrogen (secondary N) is 1. The summed E-state index contributed by atoms with van der Waals surface area (Å²) in [4.78, 5) is 14.4. The van der Waals surface area contributed by atoms with Crippen LogP contribution in [0.2, 0.25) is 0 Å². The number of aromatic nitrogens is 1. The smallest absolute Gasteiger partial charge is 0.241 e. The molecule has 0 saturated carbocycles. The fourth-order valence-corrected chi connectivity index (χ4v) is 2.71. The minimum absolute atomic E-state index is 0.0827. The number of nitrogens with zero attached hydrogens (tertiary/aromatic N) is 2. The molecule has 0 saturated heterocycles. The molecule has 1 heterocycles. The standard InChI is InChI=1S/C22H25N3O3/c1-16-13-20(24-28-16)14-25(3)17(2)22(26)23-19-9-11-21(12-10-19)27-15-18-7-5-4-6-8-18/h4-13,17H,14-15H2,1-3H3,(H,23,26). The number of hydrogen-bond acceptors (Lipinski definition) is 5. The van der Waals surface area contributed by atoms with E-state index in [4.69, 9.17) is 9.26 Å². The van der Waals surface area contributed by atoms with Gasteiger partial charge in [-0.25, -0.2) is 0 Å². The second-order valence-corrected chi connectivity index (χ2v) is 6.81. The highest BCUT2D eigenvalue weighted by Gasteiger charge is 2.19. The fourth-order valence-electron chi connectivity index (χ4n) is 2.71. The zero-order chi connectivity index (χ0) is 19.9. The van der Waals surface area contributed by atoms with E-state index in [0.29, 0.717) is 13.2 Å². The van der Waals surface area contributed by atoms with Gasteiger partial charge in [-0.1, -0.05) is 35.5 Å². The van der Waals surface area contributed by atoms with Gasteiger partial charge in [-0.05, 0) is 50.7 Å². The van der Waals surface area contributed by atoms with Crippen molar-refractivity contribution in [1.29, 1.82) is 0 Å². The van der Waals surface area contributed by atoms with E-state index in [-0.39, 0.29) is 11.9 Å². The van der Waals surface area contributed by atoms with Gasteiger partial charge in [0.25, 0.3) is 0 Å². The minimum Gasteiger partial charge on any atom is -0.489 e. The van der Waals surface area contributed by atoms with Crippen LogP contribution >= 0.6 is 0 Å². The average molecular weight is 379 g/mol. The first kappa shape index (κ1) is 19.6. The number of carbonyl (C=O) groups excluding carboxylic acids is 1. The molecule has 3 aromatic rings. The van der Waals surface area contributed by atoms with Crippen LogP contribution in [0.1, 0.15) is 23.9 Å².